The number of aromatic amines is 1. The summed E-state index contributed by atoms with van der Waals surface area (Å²) in [4.78, 5) is 41.2. The maximum Gasteiger partial charge on any atom is 0.573 e. The topological polar surface area (TPSA) is 110 Å². The van der Waals surface area contributed by atoms with Gasteiger partial charge in [-0.15, -0.1) is 13.2 Å². The number of rotatable bonds is 8. The Morgan fingerprint density at radius 3 is 2.35 bits per heavy atom. The van der Waals surface area contributed by atoms with E-state index in [1.807, 2.05) is 20.8 Å². The van der Waals surface area contributed by atoms with Gasteiger partial charge in [-0.2, -0.15) is 0 Å². The molecule has 0 bridgehead atoms. The number of nitrogens with two attached hydrogens (primary N) is 1. The monoisotopic (exact) mass is 442 g/mol. The normalized spacial score (nSPS) is 11.6. The van der Waals surface area contributed by atoms with Crippen molar-refractivity contribution in [1.29, 1.82) is 0 Å². The quantitative estimate of drug-likeness (QED) is 0.653. The van der Waals surface area contributed by atoms with Crippen LogP contribution in [0.25, 0.3) is 0 Å². The summed E-state index contributed by atoms with van der Waals surface area (Å²) < 4.78 is 42.1. The number of aromatic nitrogens is 2. The largest absolute Gasteiger partial charge is 0.573 e. The Morgan fingerprint density at radius 1 is 1.23 bits per heavy atom. The predicted octanol–water partition coefficient (Wildman–Crippen LogP) is 3.12. The molecule has 0 aliphatic heterocycles. The van der Waals surface area contributed by atoms with Crippen LogP contribution >= 0.6 is 0 Å². The Kier molecular flexibility index (Phi) is 7.53. The zero-order chi connectivity index (χ0) is 23.3. The number of amides is 1. The van der Waals surface area contributed by atoms with E-state index in [9.17, 15) is 27.6 Å². The zero-order valence-corrected chi connectivity index (χ0v) is 17.5. The summed E-state index contributed by atoms with van der Waals surface area (Å²) >= 11 is 0. The molecule has 11 heteroatoms. The first-order chi connectivity index (χ1) is 14.4. The van der Waals surface area contributed by atoms with Gasteiger partial charge in [-0.05, 0) is 36.6 Å². The van der Waals surface area contributed by atoms with Crippen molar-refractivity contribution in [2.45, 2.75) is 46.5 Å². The minimum atomic E-state index is -4.86. The molecule has 0 saturated heterocycles. The summed E-state index contributed by atoms with van der Waals surface area (Å²) in [6, 6.07) is 4.34. The van der Waals surface area contributed by atoms with E-state index in [1.165, 1.54) is 4.57 Å². The van der Waals surface area contributed by atoms with Gasteiger partial charge in [-0.3, -0.25) is 19.1 Å². The summed E-state index contributed by atoms with van der Waals surface area (Å²) in [5.74, 6) is -1.23. The lowest BCUT2D eigenvalue weighted by molar-refractivity contribution is -0.274. The highest BCUT2D eigenvalue weighted by atomic mass is 19.4. The van der Waals surface area contributed by atoms with Crippen molar-refractivity contribution >= 4 is 17.4 Å². The number of nitrogens with zero attached hydrogens (tertiary/aromatic N) is 2. The molecule has 0 radical (unpaired) electrons. The smallest absolute Gasteiger partial charge is 0.406 e. The number of carbonyl (C=O) groups is 1. The van der Waals surface area contributed by atoms with Crippen LogP contribution in [0.2, 0.25) is 0 Å². The Morgan fingerprint density at radius 2 is 1.84 bits per heavy atom. The minimum absolute atomic E-state index is 0.0334. The van der Waals surface area contributed by atoms with E-state index in [1.54, 1.807) is 0 Å². The van der Waals surface area contributed by atoms with Gasteiger partial charge < -0.3 is 15.4 Å². The van der Waals surface area contributed by atoms with Crippen molar-refractivity contribution in [3.8, 4) is 5.75 Å². The molecule has 0 atom stereocenters. The molecule has 8 nitrogen and oxygen atoms in total. The maximum atomic E-state index is 13.1. The van der Waals surface area contributed by atoms with Gasteiger partial charge in [0, 0.05) is 18.7 Å². The van der Waals surface area contributed by atoms with E-state index in [-0.39, 0.29) is 36.1 Å². The molecule has 1 amide bonds. The van der Waals surface area contributed by atoms with Crippen LogP contribution in [0.5, 0.6) is 5.75 Å². The van der Waals surface area contributed by atoms with Crippen molar-refractivity contribution in [3.05, 3.63) is 50.7 Å². The SMILES string of the molecule is CCCCN(C(=O)c1ccc(OC(F)(F)F)cc1)c1c(N)n(CC(C)C)c(=O)[nH]c1=O. The second kappa shape index (κ2) is 9.71. The number of benzene rings is 1. The molecule has 0 aliphatic carbocycles. The predicted molar refractivity (Wildman–Crippen MR) is 110 cm³/mol. The molecule has 31 heavy (non-hydrogen) atoms. The number of halogens is 3. The van der Waals surface area contributed by atoms with Crippen molar-refractivity contribution in [2.24, 2.45) is 5.92 Å². The number of H-pyrrole nitrogens is 1. The average molecular weight is 442 g/mol. The molecule has 0 saturated carbocycles. The number of ether oxygens (including phenoxy) is 1. The van der Waals surface area contributed by atoms with Gasteiger partial charge in [-0.1, -0.05) is 27.2 Å². The number of alkyl halides is 3. The molecular weight excluding hydrogens is 417 g/mol. The van der Waals surface area contributed by atoms with E-state index >= 15 is 0 Å². The fourth-order valence-corrected chi connectivity index (χ4v) is 2.97. The van der Waals surface area contributed by atoms with E-state index in [4.69, 9.17) is 5.73 Å². The Balaban J connectivity index is 2.50. The second-order valence-electron chi connectivity index (χ2n) is 7.38. The first-order valence-corrected chi connectivity index (χ1v) is 9.74. The molecule has 0 fully saturated rings. The van der Waals surface area contributed by atoms with Gasteiger partial charge in [0.25, 0.3) is 11.5 Å². The van der Waals surface area contributed by atoms with Gasteiger partial charge in [-0.25, -0.2) is 4.79 Å². The van der Waals surface area contributed by atoms with Crippen LogP contribution in [0.4, 0.5) is 24.7 Å². The Bertz CT molecular complexity index is 1030. The first-order valence-electron chi connectivity index (χ1n) is 9.74. The van der Waals surface area contributed by atoms with E-state index < -0.39 is 29.3 Å². The molecule has 1 heterocycles. The summed E-state index contributed by atoms with van der Waals surface area (Å²) in [5.41, 5.74) is 4.48. The Hall–Kier alpha value is -3.24. The molecule has 0 aliphatic rings. The third kappa shape index (κ3) is 6.12. The number of hydrogen-bond acceptors (Lipinski definition) is 5. The van der Waals surface area contributed by atoms with Gasteiger partial charge >= 0.3 is 12.1 Å². The van der Waals surface area contributed by atoms with E-state index in [2.05, 4.69) is 9.72 Å². The van der Waals surface area contributed by atoms with Crippen molar-refractivity contribution < 1.29 is 22.7 Å². The third-order valence-electron chi connectivity index (χ3n) is 4.35. The summed E-state index contributed by atoms with van der Waals surface area (Å²) in [7, 11) is 0. The van der Waals surface area contributed by atoms with Crippen molar-refractivity contribution in [3.63, 3.8) is 0 Å². The second-order valence-corrected chi connectivity index (χ2v) is 7.38. The molecule has 0 spiro atoms. The molecule has 2 rings (SSSR count). The summed E-state index contributed by atoms with van der Waals surface area (Å²) in [5, 5.41) is 0. The number of nitrogen functional groups attached to an aromatic ring is 1. The summed E-state index contributed by atoms with van der Waals surface area (Å²) in [6.45, 7) is 5.97. The van der Waals surface area contributed by atoms with E-state index in [0.29, 0.717) is 12.8 Å². The zero-order valence-electron chi connectivity index (χ0n) is 17.5. The highest BCUT2D eigenvalue weighted by molar-refractivity contribution is 6.07. The third-order valence-corrected chi connectivity index (χ3v) is 4.35. The lowest BCUT2D eigenvalue weighted by Gasteiger charge is -2.25. The highest BCUT2D eigenvalue weighted by Crippen LogP contribution is 2.25. The number of unbranched alkanes of at least 4 members (excludes halogenated alkanes) is 1. The van der Waals surface area contributed by atoms with E-state index in [0.717, 1.165) is 29.2 Å². The molecular formula is C20H25F3N4O4. The molecule has 2 aromatic rings. The van der Waals surface area contributed by atoms with Crippen molar-refractivity contribution in [2.75, 3.05) is 17.2 Å². The van der Waals surface area contributed by atoms with Crippen LogP contribution < -0.4 is 26.6 Å². The lowest BCUT2D eigenvalue weighted by Crippen LogP contribution is -2.42. The number of nitrogens with one attached hydrogen (secondary N) is 1. The number of hydrogen-bond donors (Lipinski definition) is 2. The molecule has 1 aromatic carbocycles. The maximum absolute atomic E-state index is 13.1. The molecule has 0 unspecified atom stereocenters. The van der Waals surface area contributed by atoms with Gasteiger partial charge in [0.05, 0.1) is 0 Å². The van der Waals surface area contributed by atoms with Crippen LogP contribution in [0.1, 0.15) is 44.0 Å². The fraction of sp³-hybridized carbons (Fsp3) is 0.450. The number of anilines is 2. The van der Waals surface area contributed by atoms with Gasteiger partial charge in [0.2, 0.25) is 0 Å². The minimum Gasteiger partial charge on any atom is -0.406 e. The van der Waals surface area contributed by atoms with Crippen LogP contribution in [-0.2, 0) is 6.54 Å². The highest BCUT2D eigenvalue weighted by Gasteiger charge is 2.31. The molecule has 3 N–H and O–H groups in total. The summed E-state index contributed by atoms with van der Waals surface area (Å²) in [6.07, 6.45) is -3.63. The van der Waals surface area contributed by atoms with Crippen LogP contribution in [0.3, 0.4) is 0 Å². The molecule has 1 aromatic heterocycles. The Labute approximate surface area is 176 Å². The van der Waals surface area contributed by atoms with Crippen LogP contribution in [0.15, 0.2) is 33.9 Å². The van der Waals surface area contributed by atoms with Gasteiger partial charge in [0.15, 0.2) is 5.69 Å². The van der Waals surface area contributed by atoms with Crippen LogP contribution in [0, 0.1) is 5.92 Å². The fourth-order valence-electron chi connectivity index (χ4n) is 2.97. The van der Waals surface area contributed by atoms with Gasteiger partial charge in [0.1, 0.15) is 11.6 Å². The van der Waals surface area contributed by atoms with Crippen LogP contribution in [-0.4, -0.2) is 28.4 Å². The average Bonchev–Trinajstić information content (AvgIpc) is 2.66. The lowest BCUT2D eigenvalue weighted by atomic mass is 10.1. The first kappa shape index (κ1) is 24.0. The van der Waals surface area contributed by atoms with Crippen molar-refractivity contribution in [1.82, 2.24) is 9.55 Å². The number of carbonyl (C=O) groups excluding carboxylic acids is 1. The standard InChI is InChI=1S/C20H25F3N4O4/c1-4-5-10-26(15-16(24)27(11-12(2)3)19(30)25-17(15)28)18(29)13-6-8-14(9-7-13)31-20(21,22)23/h6-9,12H,4-5,10-11,24H2,1-3H3,(H,25,28,30). The molecule has 170 valence electrons.